The Morgan fingerprint density at radius 2 is 1.85 bits per heavy atom. The van der Waals surface area contributed by atoms with Gasteiger partial charge in [0.25, 0.3) is 0 Å². The highest BCUT2D eigenvalue weighted by Gasteiger charge is 2.51. The molecule has 1 fully saturated rings. The van der Waals surface area contributed by atoms with Crippen LogP contribution in [0.3, 0.4) is 0 Å². The molecule has 3 N–H and O–H groups in total. The van der Waals surface area contributed by atoms with Crippen LogP contribution in [0, 0.1) is 13.8 Å². The monoisotopic (exact) mass is 295 g/mol. The van der Waals surface area contributed by atoms with E-state index in [2.05, 4.69) is 16.4 Å². The molecule has 0 atom stereocenters. The van der Waals surface area contributed by atoms with Crippen molar-refractivity contribution in [2.24, 2.45) is 10.7 Å². The average molecular weight is 295 g/mol. The van der Waals surface area contributed by atoms with Crippen LogP contribution in [0.1, 0.15) is 24.0 Å². The lowest BCUT2D eigenvalue weighted by Gasteiger charge is -2.11. The second kappa shape index (κ2) is 5.09. The number of hydrogen-bond donors (Lipinski definition) is 2. The van der Waals surface area contributed by atoms with Gasteiger partial charge in [-0.15, -0.1) is 0 Å². The van der Waals surface area contributed by atoms with E-state index in [-0.39, 0.29) is 12.5 Å². The summed E-state index contributed by atoms with van der Waals surface area (Å²) in [7, 11) is -3.06. The molecular formula is C14H21N3O2S. The van der Waals surface area contributed by atoms with Gasteiger partial charge < -0.3 is 11.1 Å². The molecule has 0 heterocycles. The number of hydrogen-bond acceptors (Lipinski definition) is 3. The summed E-state index contributed by atoms with van der Waals surface area (Å²) in [6.07, 6.45) is 2.61. The lowest BCUT2D eigenvalue weighted by atomic mass is 10.1. The minimum atomic E-state index is -3.06. The molecule has 1 aromatic rings. The van der Waals surface area contributed by atoms with Crippen molar-refractivity contribution in [3.8, 4) is 0 Å². The Labute approximate surface area is 120 Å². The number of aryl methyl sites for hydroxylation is 2. The number of aliphatic imine (C=N–C) groups is 1. The van der Waals surface area contributed by atoms with E-state index in [0.717, 1.165) is 16.8 Å². The van der Waals surface area contributed by atoms with Crippen LogP contribution in [0.25, 0.3) is 0 Å². The van der Waals surface area contributed by atoms with Crippen LogP contribution in [0.5, 0.6) is 0 Å². The number of guanidine groups is 1. The molecule has 0 aromatic heterocycles. The summed E-state index contributed by atoms with van der Waals surface area (Å²) in [6, 6.07) is 6.01. The fourth-order valence-electron chi connectivity index (χ4n) is 2.25. The highest BCUT2D eigenvalue weighted by atomic mass is 32.2. The van der Waals surface area contributed by atoms with Gasteiger partial charge in [0, 0.05) is 11.9 Å². The summed E-state index contributed by atoms with van der Waals surface area (Å²) in [5, 5.41) is 3.01. The molecule has 2 rings (SSSR count). The fraction of sp³-hybridized carbons (Fsp3) is 0.500. The maximum absolute atomic E-state index is 11.6. The third-order valence-corrected chi connectivity index (χ3v) is 5.74. The zero-order valence-electron chi connectivity index (χ0n) is 12.1. The summed E-state index contributed by atoms with van der Waals surface area (Å²) in [5.41, 5.74) is 8.97. The second-order valence-corrected chi connectivity index (χ2v) is 8.07. The highest BCUT2D eigenvalue weighted by Crippen LogP contribution is 2.43. The van der Waals surface area contributed by atoms with Gasteiger partial charge in [0.2, 0.25) is 0 Å². The Hall–Kier alpha value is -1.56. The van der Waals surface area contributed by atoms with E-state index in [4.69, 9.17) is 5.73 Å². The predicted octanol–water partition coefficient (Wildman–Crippen LogP) is 1.61. The van der Waals surface area contributed by atoms with Gasteiger partial charge in [0.15, 0.2) is 15.8 Å². The van der Waals surface area contributed by atoms with Crippen molar-refractivity contribution in [3.05, 3.63) is 29.3 Å². The molecule has 0 unspecified atom stereocenters. The minimum Gasteiger partial charge on any atom is -0.370 e. The normalized spacial score (nSPS) is 17.9. The van der Waals surface area contributed by atoms with E-state index in [1.54, 1.807) is 0 Å². The van der Waals surface area contributed by atoms with Crippen molar-refractivity contribution in [2.75, 3.05) is 18.1 Å². The number of anilines is 1. The third kappa shape index (κ3) is 3.30. The molecule has 110 valence electrons. The van der Waals surface area contributed by atoms with Crippen molar-refractivity contribution >= 4 is 21.5 Å². The Morgan fingerprint density at radius 1 is 1.30 bits per heavy atom. The topological polar surface area (TPSA) is 84.5 Å². The quantitative estimate of drug-likeness (QED) is 0.653. The maximum atomic E-state index is 11.6. The lowest BCUT2D eigenvalue weighted by molar-refractivity contribution is 0.583. The van der Waals surface area contributed by atoms with Crippen molar-refractivity contribution in [1.82, 2.24) is 0 Å². The molecular weight excluding hydrogens is 274 g/mol. The first-order valence-corrected chi connectivity index (χ1v) is 8.46. The van der Waals surface area contributed by atoms with Crippen LogP contribution in [-0.2, 0) is 9.84 Å². The first-order valence-electron chi connectivity index (χ1n) is 6.57. The number of sulfone groups is 1. The smallest absolute Gasteiger partial charge is 0.193 e. The van der Waals surface area contributed by atoms with Crippen LogP contribution in [0.4, 0.5) is 5.69 Å². The van der Waals surface area contributed by atoms with Gasteiger partial charge in [-0.3, -0.25) is 4.99 Å². The van der Waals surface area contributed by atoms with Crippen molar-refractivity contribution in [3.63, 3.8) is 0 Å². The molecule has 0 amide bonds. The third-order valence-electron chi connectivity index (χ3n) is 3.63. The molecule has 1 aliphatic rings. The first-order chi connectivity index (χ1) is 9.22. The fourth-order valence-corrected chi connectivity index (χ4v) is 3.39. The van der Waals surface area contributed by atoms with E-state index < -0.39 is 14.6 Å². The molecule has 0 radical (unpaired) electrons. The van der Waals surface area contributed by atoms with E-state index in [0.29, 0.717) is 12.8 Å². The number of nitrogens with one attached hydrogen (secondary N) is 1. The highest BCUT2D eigenvalue weighted by molar-refractivity contribution is 7.92. The average Bonchev–Trinajstić information content (AvgIpc) is 3.04. The minimum absolute atomic E-state index is 0.232. The molecule has 1 aliphatic carbocycles. The molecule has 0 spiro atoms. The number of nitrogens with zero attached hydrogens (tertiary/aromatic N) is 1. The number of rotatable bonds is 4. The zero-order chi connectivity index (χ0) is 15.0. The van der Waals surface area contributed by atoms with Gasteiger partial charge in [-0.1, -0.05) is 6.07 Å². The lowest BCUT2D eigenvalue weighted by Crippen LogP contribution is -2.29. The van der Waals surface area contributed by atoms with Crippen LogP contribution in [0.2, 0.25) is 0 Å². The number of benzene rings is 1. The zero-order valence-corrected chi connectivity index (χ0v) is 12.9. The van der Waals surface area contributed by atoms with Crippen molar-refractivity contribution in [1.29, 1.82) is 0 Å². The van der Waals surface area contributed by atoms with Crippen LogP contribution in [-0.4, -0.2) is 31.9 Å². The number of nitrogens with two attached hydrogens (primary N) is 1. The summed E-state index contributed by atoms with van der Waals surface area (Å²) in [5.74, 6) is 0.255. The molecule has 0 saturated heterocycles. The van der Waals surface area contributed by atoms with Crippen LogP contribution >= 0.6 is 0 Å². The van der Waals surface area contributed by atoms with E-state index in [9.17, 15) is 8.42 Å². The molecule has 6 heteroatoms. The van der Waals surface area contributed by atoms with Gasteiger partial charge in [0.05, 0.1) is 11.3 Å². The molecule has 0 bridgehead atoms. The largest absolute Gasteiger partial charge is 0.370 e. The molecule has 1 saturated carbocycles. The van der Waals surface area contributed by atoms with Gasteiger partial charge in [-0.25, -0.2) is 8.42 Å². The summed E-state index contributed by atoms with van der Waals surface area (Å²) >= 11 is 0. The Balaban J connectivity index is 2.05. The second-order valence-electron chi connectivity index (χ2n) is 5.66. The molecule has 5 nitrogen and oxygen atoms in total. The predicted molar refractivity (Wildman–Crippen MR) is 82.8 cm³/mol. The van der Waals surface area contributed by atoms with Gasteiger partial charge >= 0.3 is 0 Å². The van der Waals surface area contributed by atoms with E-state index in [1.165, 1.54) is 6.26 Å². The SMILES string of the molecule is Cc1cc(C)cc(NC(N)=NCC2(S(C)(=O)=O)CC2)c1. The van der Waals surface area contributed by atoms with Gasteiger partial charge in [0.1, 0.15) is 0 Å². The van der Waals surface area contributed by atoms with Gasteiger partial charge in [-0.05, 0) is 49.9 Å². The van der Waals surface area contributed by atoms with Crippen LogP contribution < -0.4 is 11.1 Å². The molecule has 1 aromatic carbocycles. The molecule has 0 aliphatic heterocycles. The van der Waals surface area contributed by atoms with Crippen LogP contribution in [0.15, 0.2) is 23.2 Å². The van der Waals surface area contributed by atoms with Crippen molar-refractivity contribution < 1.29 is 8.42 Å². The standard InChI is InChI=1S/C14H21N3O2S/c1-10-6-11(2)8-12(7-10)17-13(15)16-9-14(4-5-14)20(3,18)19/h6-8H,4-5,9H2,1-3H3,(H3,15,16,17). The van der Waals surface area contributed by atoms with Crippen molar-refractivity contribution in [2.45, 2.75) is 31.4 Å². The molecule has 20 heavy (non-hydrogen) atoms. The van der Waals surface area contributed by atoms with E-state index in [1.807, 2.05) is 26.0 Å². The summed E-state index contributed by atoms with van der Waals surface area (Å²) in [4.78, 5) is 4.18. The Morgan fingerprint density at radius 3 is 2.30 bits per heavy atom. The Kier molecular flexibility index (Phi) is 3.77. The summed E-state index contributed by atoms with van der Waals surface area (Å²) < 4.78 is 22.6. The maximum Gasteiger partial charge on any atom is 0.193 e. The van der Waals surface area contributed by atoms with Gasteiger partial charge in [-0.2, -0.15) is 0 Å². The Bertz CT molecular complexity index is 626. The van der Waals surface area contributed by atoms with E-state index >= 15 is 0 Å². The summed E-state index contributed by atoms with van der Waals surface area (Å²) in [6.45, 7) is 4.25. The first kappa shape index (κ1) is 14.8.